The molecular formula is C12H10N2O. The van der Waals surface area contributed by atoms with Gasteiger partial charge >= 0.3 is 0 Å². The van der Waals surface area contributed by atoms with E-state index >= 15 is 0 Å². The molecule has 0 aliphatic carbocycles. The lowest BCUT2D eigenvalue weighted by atomic mass is 10.2. The van der Waals surface area contributed by atoms with Crippen molar-refractivity contribution in [3.05, 3.63) is 61.4 Å². The average Bonchev–Trinajstić information content (AvgIpc) is 2.88. The molecule has 0 fully saturated rings. The first-order valence-electron chi connectivity index (χ1n) is 4.59. The monoisotopic (exact) mass is 198 g/mol. The smallest absolute Gasteiger partial charge is 0.116 e. The first kappa shape index (κ1) is 9.40. The van der Waals surface area contributed by atoms with Crippen LogP contribution in [0.2, 0.25) is 0 Å². The van der Waals surface area contributed by atoms with Crippen LogP contribution in [0.15, 0.2) is 65.9 Å². The van der Waals surface area contributed by atoms with Crippen LogP contribution in [0.5, 0.6) is 0 Å². The van der Waals surface area contributed by atoms with Gasteiger partial charge in [0.05, 0.1) is 18.0 Å². The van der Waals surface area contributed by atoms with E-state index in [2.05, 4.69) is 14.4 Å². The minimum absolute atomic E-state index is 0.998. The van der Waals surface area contributed by atoms with Crippen LogP contribution in [0.3, 0.4) is 0 Å². The van der Waals surface area contributed by atoms with Crippen LogP contribution in [-0.2, 0) is 0 Å². The van der Waals surface area contributed by atoms with E-state index in [1.807, 2.05) is 42.6 Å². The maximum atomic E-state index is 4.58. The third kappa shape index (κ3) is 2.64. The molecule has 0 atom stereocenters. The number of furan rings is 1. The van der Waals surface area contributed by atoms with Crippen LogP contribution >= 0.6 is 0 Å². The van der Waals surface area contributed by atoms with Gasteiger partial charge < -0.3 is 4.42 Å². The van der Waals surface area contributed by atoms with Gasteiger partial charge in [0.15, 0.2) is 0 Å². The summed E-state index contributed by atoms with van der Waals surface area (Å²) in [6, 6.07) is 11.6. The Morgan fingerprint density at radius 3 is 2.40 bits per heavy atom. The summed E-state index contributed by atoms with van der Waals surface area (Å²) >= 11 is 0. The standard InChI is InChI=1S/C8H6N2.C4H4O/c1-2-4-8-7(3-1)5-9-6-10-8;1-2-4-5-3-1/h1-6H;1-4H. The second-order valence-electron chi connectivity index (χ2n) is 2.87. The molecule has 3 rings (SSSR count). The van der Waals surface area contributed by atoms with Gasteiger partial charge in [-0.3, -0.25) is 0 Å². The largest absolute Gasteiger partial charge is 0.473 e. The number of benzene rings is 1. The van der Waals surface area contributed by atoms with Crippen molar-refractivity contribution in [3.8, 4) is 0 Å². The minimum atomic E-state index is 0.998. The fourth-order valence-corrected chi connectivity index (χ4v) is 1.15. The van der Waals surface area contributed by atoms with Gasteiger partial charge in [-0.2, -0.15) is 0 Å². The molecule has 3 heteroatoms. The molecule has 0 saturated heterocycles. The van der Waals surface area contributed by atoms with Gasteiger partial charge in [-0.25, -0.2) is 9.97 Å². The summed E-state index contributed by atoms with van der Waals surface area (Å²) in [6.45, 7) is 0. The van der Waals surface area contributed by atoms with Crippen LogP contribution in [0.25, 0.3) is 10.9 Å². The van der Waals surface area contributed by atoms with Crippen LogP contribution in [0, 0.1) is 0 Å². The number of fused-ring (bicyclic) bond motifs is 1. The maximum Gasteiger partial charge on any atom is 0.116 e. The zero-order chi connectivity index (χ0) is 10.3. The molecule has 3 aromatic rings. The van der Waals surface area contributed by atoms with Crippen molar-refractivity contribution < 1.29 is 4.42 Å². The number of aromatic nitrogens is 2. The highest BCUT2D eigenvalue weighted by molar-refractivity contribution is 5.76. The molecule has 0 N–H and O–H groups in total. The molecule has 0 amide bonds. The van der Waals surface area contributed by atoms with Gasteiger partial charge in [0.1, 0.15) is 6.33 Å². The zero-order valence-corrected chi connectivity index (χ0v) is 8.08. The fraction of sp³-hybridized carbons (Fsp3) is 0. The number of rotatable bonds is 0. The Bertz CT molecular complexity index is 423. The molecule has 1 aromatic carbocycles. The van der Waals surface area contributed by atoms with E-state index in [4.69, 9.17) is 0 Å². The van der Waals surface area contributed by atoms with E-state index in [9.17, 15) is 0 Å². The van der Waals surface area contributed by atoms with Crippen molar-refractivity contribution in [2.24, 2.45) is 0 Å². The summed E-state index contributed by atoms with van der Waals surface area (Å²) in [5.74, 6) is 0. The molecule has 0 aliphatic heterocycles. The highest BCUT2D eigenvalue weighted by atomic mass is 16.3. The summed E-state index contributed by atoms with van der Waals surface area (Å²) in [5.41, 5.74) is 0.998. The molecule has 0 unspecified atom stereocenters. The lowest BCUT2D eigenvalue weighted by molar-refractivity contribution is 0.567. The van der Waals surface area contributed by atoms with Gasteiger partial charge in [0.2, 0.25) is 0 Å². The fourth-order valence-electron chi connectivity index (χ4n) is 1.15. The topological polar surface area (TPSA) is 38.9 Å². The van der Waals surface area contributed by atoms with E-state index in [1.54, 1.807) is 18.9 Å². The number of para-hydroxylation sites is 1. The van der Waals surface area contributed by atoms with Crippen molar-refractivity contribution in [1.29, 1.82) is 0 Å². The number of hydrogen-bond donors (Lipinski definition) is 0. The van der Waals surface area contributed by atoms with Gasteiger partial charge in [0.25, 0.3) is 0 Å². The van der Waals surface area contributed by atoms with Gasteiger partial charge in [-0.05, 0) is 18.2 Å². The van der Waals surface area contributed by atoms with Crippen molar-refractivity contribution in [2.45, 2.75) is 0 Å². The molecule has 0 saturated carbocycles. The van der Waals surface area contributed by atoms with Gasteiger partial charge in [-0.15, -0.1) is 0 Å². The maximum absolute atomic E-state index is 4.58. The van der Waals surface area contributed by atoms with Crippen LogP contribution in [0.1, 0.15) is 0 Å². The van der Waals surface area contributed by atoms with E-state index in [0.29, 0.717) is 0 Å². The van der Waals surface area contributed by atoms with Crippen LogP contribution in [-0.4, -0.2) is 9.97 Å². The lowest BCUT2D eigenvalue weighted by Crippen LogP contribution is -1.77. The summed E-state index contributed by atoms with van der Waals surface area (Å²) in [4.78, 5) is 7.97. The van der Waals surface area contributed by atoms with Crippen LogP contribution < -0.4 is 0 Å². The molecule has 2 heterocycles. The van der Waals surface area contributed by atoms with Crippen molar-refractivity contribution in [1.82, 2.24) is 9.97 Å². The quantitative estimate of drug-likeness (QED) is 0.557. The predicted molar refractivity (Wildman–Crippen MR) is 58.2 cm³/mol. The molecule has 0 radical (unpaired) electrons. The summed E-state index contributed by atoms with van der Waals surface area (Å²) in [6.07, 6.45) is 6.62. The van der Waals surface area contributed by atoms with Gasteiger partial charge in [0, 0.05) is 11.6 Å². The van der Waals surface area contributed by atoms with Crippen molar-refractivity contribution in [2.75, 3.05) is 0 Å². The Labute approximate surface area is 87.4 Å². The third-order valence-electron chi connectivity index (χ3n) is 1.84. The highest BCUT2D eigenvalue weighted by Crippen LogP contribution is 2.06. The second kappa shape index (κ2) is 4.91. The van der Waals surface area contributed by atoms with E-state index in [-0.39, 0.29) is 0 Å². The second-order valence-corrected chi connectivity index (χ2v) is 2.87. The Hall–Kier alpha value is -2.16. The van der Waals surface area contributed by atoms with E-state index in [1.165, 1.54) is 0 Å². The molecule has 3 nitrogen and oxygen atoms in total. The minimum Gasteiger partial charge on any atom is -0.473 e. The van der Waals surface area contributed by atoms with E-state index in [0.717, 1.165) is 10.9 Å². The summed E-state index contributed by atoms with van der Waals surface area (Å²) in [5, 5.41) is 1.09. The zero-order valence-electron chi connectivity index (χ0n) is 8.08. The molecule has 0 spiro atoms. The van der Waals surface area contributed by atoms with Crippen LogP contribution in [0.4, 0.5) is 0 Å². The molecule has 2 aromatic heterocycles. The summed E-state index contributed by atoms with van der Waals surface area (Å²) in [7, 11) is 0. The van der Waals surface area contributed by atoms with Gasteiger partial charge in [-0.1, -0.05) is 18.2 Å². The first-order chi connectivity index (χ1) is 7.47. The molecule has 0 bridgehead atoms. The van der Waals surface area contributed by atoms with Crippen molar-refractivity contribution >= 4 is 10.9 Å². The number of hydrogen-bond acceptors (Lipinski definition) is 3. The van der Waals surface area contributed by atoms with Crippen molar-refractivity contribution in [3.63, 3.8) is 0 Å². The molecule has 15 heavy (non-hydrogen) atoms. The average molecular weight is 198 g/mol. The number of nitrogens with zero attached hydrogens (tertiary/aromatic N) is 2. The normalized spacial score (nSPS) is 9.33. The predicted octanol–water partition coefficient (Wildman–Crippen LogP) is 2.91. The Balaban J connectivity index is 0.000000144. The first-order valence-corrected chi connectivity index (χ1v) is 4.59. The molecular weight excluding hydrogens is 188 g/mol. The van der Waals surface area contributed by atoms with E-state index < -0.39 is 0 Å². The highest BCUT2D eigenvalue weighted by Gasteiger charge is 1.87. The Kier molecular flexibility index (Phi) is 3.07. The molecule has 0 aliphatic rings. The Morgan fingerprint density at radius 1 is 0.933 bits per heavy atom. The SMILES string of the molecule is c1ccc2ncncc2c1.c1ccoc1. The third-order valence-corrected chi connectivity index (χ3v) is 1.84. The Morgan fingerprint density at radius 2 is 1.73 bits per heavy atom. The molecule has 74 valence electrons. The summed E-state index contributed by atoms with van der Waals surface area (Å²) < 4.78 is 4.58. The lowest BCUT2D eigenvalue weighted by Gasteiger charge is -1.90.